The SMILES string of the molecule is NC(=O)Cc1ccc(CCc2ncnc(N3CCCC3c3nc4ccccc4s3)c2F)cc1. The summed E-state index contributed by atoms with van der Waals surface area (Å²) in [7, 11) is 0. The van der Waals surface area contributed by atoms with Gasteiger partial charge >= 0.3 is 0 Å². The highest BCUT2D eigenvalue weighted by atomic mass is 32.1. The van der Waals surface area contributed by atoms with Gasteiger partial charge in [-0.3, -0.25) is 4.79 Å². The average molecular weight is 462 g/mol. The van der Waals surface area contributed by atoms with Crippen LogP contribution >= 0.6 is 11.3 Å². The topological polar surface area (TPSA) is 85.0 Å². The zero-order chi connectivity index (χ0) is 22.8. The van der Waals surface area contributed by atoms with E-state index >= 15 is 4.39 Å². The molecule has 2 aromatic heterocycles. The van der Waals surface area contributed by atoms with Crippen molar-refractivity contribution < 1.29 is 9.18 Å². The molecule has 6 nitrogen and oxygen atoms in total. The first-order chi connectivity index (χ1) is 16.1. The van der Waals surface area contributed by atoms with Crippen LogP contribution in [0.1, 0.15) is 40.7 Å². The summed E-state index contributed by atoms with van der Waals surface area (Å²) in [5, 5.41) is 1.00. The minimum absolute atomic E-state index is 0.0254. The lowest BCUT2D eigenvalue weighted by molar-refractivity contribution is -0.117. The highest BCUT2D eigenvalue weighted by Crippen LogP contribution is 2.39. The molecule has 0 spiro atoms. The summed E-state index contributed by atoms with van der Waals surface area (Å²) in [6.45, 7) is 0.745. The van der Waals surface area contributed by atoms with Gasteiger partial charge in [0.1, 0.15) is 11.3 Å². The van der Waals surface area contributed by atoms with Crippen LogP contribution in [0.15, 0.2) is 54.9 Å². The number of anilines is 1. The summed E-state index contributed by atoms with van der Waals surface area (Å²) in [5.41, 5.74) is 8.56. The second-order valence-electron chi connectivity index (χ2n) is 8.29. The Morgan fingerprint density at radius 2 is 1.88 bits per heavy atom. The largest absolute Gasteiger partial charge is 0.369 e. The van der Waals surface area contributed by atoms with Crippen molar-refractivity contribution >= 4 is 33.3 Å². The molecule has 2 aromatic carbocycles. The van der Waals surface area contributed by atoms with E-state index in [9.17, 15) is 4.79 Å². The molecule has 1 atom stereocenters. The Morgan fingerprint density at radius 1 is 1.09 bits per heavy atom. The maximum Gasteiger partial charge on any atom is 0.221 e. The lowest BCUT2D eigenvalue weighted by atomic mass is 10.0. The molecule has 168 valence electrons. The number of nitrogens with zero attached hydrogens (tertiary/aromatic N) is 4. The number of amides is 1. The van der Waals surface area contributed by atoms with Gasteiger partial charge in [0.05, 0.1) is 28.4 Å². The number of thiazole rings is 1. The minimum atomic E-state index is -0.357. The van der Waals surface area contributed by atoms with E-state index in [4.69, 9.17) is 10.7 Å². The van der Waals surface area contributed by atoms with Crippen molar-refractivity contribution in [1.29, 1.82) is 0 Å². The Bertz CT molecular complexity index is 1260. The number of halogens is 1. The van der Waals surface area contributed by atoms with E-state index in [-0.39, 0.29) is 24.2 Å². The molecule has 1 unspecified atom stereocenters. The first-order valence-electron chi connectivity index (χ1n) is 11.1. The zero-order valence-electron chi connectivity index (χ0n) is 18.1. The zero-order valence-corrected chi connectivity index (χ0v) is 18.9. The van der Waals surface area contributed by atoms with Crippen LogP contribution in [0.3, 0.4) is 0 Å². The molecule has 1 amide bonds. The second kappa shape index (κ2) is 9.23. The molecule has 1 fully saturated rings. The number of benzene rings is 2. The minimum Gasteiger partial charge on any atom is -0.369 e. The van der Waals surface area contributed by atoms with Crippen LogP contribution in [0, 0.1) is 5.82 Å². The van der Waals surface area contributed by atoms with Crippen LogP contribution < -0.4 is 10.6 Å². The maximum atomic E-state index is 15.5. The fourth-order valence-electron chi connectivity index (χ4n) is 4.37. The predicted octanol–water partition coefficient (Wildman–Crippen LogP) is 4.38. The smallest absolute Gasteiger partial charge is 0.221 e. The average Bonchev–Trinajstić information content (AvgIpc) is 3.46. The number of aryl methyl sites for hydroxylation is 2. The molecule has 1 aliphatic heterocycles. The summed E-state index contributed by atoms with van der Waals surface area (Å²) >= 11 is 1.67. The number of fused-ring (bicyclic) bond motifs is 1. The van der Waals surface area contributed by atoms with Crippen molar-refractivity contribution in [2.45, 2.75) is 38.1 Å². The second-order valence-corrected chi connectivity index (χ2v) is 9.35. The normalized spacial score (nSPS) is 15.9. The van der Waals surface area contributed by atoms with E-state index in [0.29, 0.717) is 24.4 Å². The lowest BCUT2D eigenvalue weighted by Crippen LogP contribution is -2.25. The standard InChI is InChI=1S/C25H24FN5OS/c26-23-19(12-11-16-7-9-17(10-8-16)14-22(27)32)28-15-29-24(23)31-13-3-5-20(31)25-30-18-4-1-2-6-21(18)33-25/h1-2,4,6-10,15,20H,3,5,11-14H2,(H2,27,32). The highest BCUT2D eigenvalue weighted by molar-refractivity contribution is 7.18. The number of aromatic nitrogens is 3. The molecule has 33 heavy (non-hydrogen) atoms. The van der Waals surface area contributed by atoms with Gasteiger partial charge in [-0.15, -0.1) is 11.3 Å². The third-order valence-corrected chi connectivity index (χ3v) is 7.15. The fraction of sp³-hybridized carbons (Fsp3) is 0.280. The Labute approximate surface area is 195 Å². The number of carbonyl (C=O) groups excluding carboxylic acids is 1. The van der Waals surface area contributed by atoms with Gasteiger partial charge in [0, 0.05) is 6.54 Å². The van der Waals surface area contributed by atoms with Crippen molar-refractivity contribution in [2.24, 2.45) is 5.73 Å². The van der Waals surface area contributed by atoms with E-state index in [1.54, 1.807) is 11.3 Å². The first-order valence-corrected chi connectivity index (χ1v) is 11.9. The molecule has 2 N–H and O–H groups in total. The number of carbonyl (C=O) groups is 1. The van der Waals surface area contributed by atoms with Crippen LogP contribution in [-0.4, -0.2) is 27.4 Å². The monoisotopic (exact) mass is 461 g/mol. The van der Waals surface area contributed by atoms with Crippen molar-refractivity contribution in [1.82, 2.24) is 15.0 Å². The van der Waals surface area contributed by atoms with Gasteiger partial charge in [-0.1, -0.05) is 36.4 Å². The van der Waals surface area contributed by atoms with Gasteiger partial charge in [0.2, 0.25) is 5.91 Å². The van der Waals surface area contributed by atoms with Crippen LogP contribution in [0.4, 0.5) is 10.2 Å². The van der Waals surface area contributed by atoms with E-state index in [0.717, 1.165) is 45.7 Å². The van der Waals surface area contributed by atoms with Gasteiger partial charge in [-0.25, -0.2) is 19.3 Å². The Balaban J connectivity index is 1.33. The third kappa shape index (κ3) is 4.57. The summed E-state index contributed by atoms with van der Waals surface area (Å²) in [6.07, 6.45) is 4.68. The number of hydrogen-bond donors (Lipinski definition) is 1. The summed E-state index contributed by atoms with van der Waals surface area (Å²) in [4.78, 5) is 26.5. The molecule has 1 aliphatic rings. The van der Waals surface area contributed by atoms with Crippen LogP contribution in [-0.2, 0) is 24.1 Å². The molecule has 8 heteroatoms. The molecule has 0 aliphatic carbocycles. The molecule has 0 bridgehead atoms. The molecule has 3 heterocycles. The quantitative estimate of drug-likeness (QED) is 0.442. The van der Waals surface area contributed by atoms with Crippen molar-refractivity contribution in [2.75, 3.05) is 11.4 Å². The Kier molecular flexibility index (Phi) is 6.00. The number of primary amides is 1. The van der Waals surface area contributed by atoms with Gasteiger partial charge in [0.15, 0.2) is 11.6 Å². The molecule has 0 radical (unpaired) electrons. The number of nitrogens with two attached hydrogens (primary N) is 1. The van der Waals surface area contributed by atoms with Crippen LogP contribution in [0.2, 0.25) is 0 Å². The van der Waals surface area contributed by atoms with Crippen molar-refractivity contribution in [3.05, 3.63) is 82.5 Å². The summed E-state index contributed by atoms with van der Waals surface area (Å²) in [5.74, 6) is -0.348. The molecular formula is C25H24FN5OS. The predicted molar refractivity (Wildman–Crippen MR) is 128 cm³/mol. The van der Waals surface area contributed by atoms with E-state index in [2.05, 4.69) is 16.0 Å². The highest BCUT2D eigenvalue weighted by Gasteiger charge is 2.32. The summed E-state index contributed by atoms with van der Waals surface area (Å²) in [6, 6.07) is 15.8. The molecular weight excluding hydrogens is 437 g/mol. The lowest BCUT2D eigenvalue weighted by Gasteiger charge is -2.24. The van der Waals surface area contributed by atoms with E-state index in [1.807, 2.05) is 47.4 Å². The Hall–Kier alpha value is -3.39. The van der Waals surface area contributed by atoms with Gasteiger partial charge in [-0.05, 0) is 48.9 Å². The molecule has 0 saturated carbocycles. The van der Waals surface area contributed by atoms with Gasteiger partial charge < -0.3 is 10.6 Å². The molecule has 4 aromatic rings. The maximum absolute atomic E-state index is 15.5. The Morgan fingerprint density at radius 3 is 2.67 bits per heavy atom. The number of para-hydroxylation sites is 1. The first kappa shape index (κ1) is 21.5. The third-order valence-electron chi connectivity index (χ3n) is 6.02. The van der Waals surface area contributed by atoms with Gasteiger partial charge in [0.25, 0.3) is 0 Å². The number of hydrogen-bond acceptors (Lipinski definition) is 6. The molecule has 5 rings (SSSR count). The number of rotatable bonds is 7. The summed E-state index contributed by atoms with van der Waals surface area (Å²) < 4.78 is 16.6. The van der Waals surface area contributed by atoms with Gasteiger partial charge in [-0.2, -0.15) is 0 Å². The van der Waals surface area contributed by atoms with Crippen molar-refractivity contribution in [3.63, 3.8) is 0 Å². The van der Waals surface area contributed by atoms with E-state index < -0.39 is 0 Å². The van der Waals surface area contributed by atoms with E-state index in [1.165, 1.54) is 6.33 Å². The van der Waals surface area contributed by atoms with Crippen LogP contribution in [0.25, 0.3) is 10.2 Å². The molecule has 1 saturated heterocycles. The van der Waals surface area contributed by atoms with Crippen LogP contribution in [0.5, 0.6) is 0 Å². The van der Waals surface area contributed by atoms with Crippen molar-refractivity contribution in [3.8, 4) is 0 Å². The fourth-order valence-corrected chi connectivity index (χ4v) is 5.48.